The van der Waals surface area contributed by atoms with Gasteiger partial charge in [0.1, 0.15) is 0 Å². The van der Waals surface area contributed by atoms with Gasteiger partial charge in [0.15, 0.2) is 5.84 Å². The zero-order valence-electron chi connectivity index (χ0n) is 11.0. The van der Waals surface area contributed by atoms with Crippen LogP contribution in [0.15, 0.2) is 5.16 Å². The fourth-order valence-electron chi connectivity index (χ4n) is 2.83. The molecule has 0 aromatic rings. The molecule has 0 bridgehead atoms. The second-order valence-electron chi connectivity index (χ2n) is 5.12. The molecule has 0 spiro atoms. The van der Waals surface area contributed by atoms with Crippen LogP contribution in [0.4, 0.5) is 0 Å². The summed E-state index contributed by atoms with van der Waals surface area (Å²) in [6, 6.07) is 0. The maximum atomic E-state index is 8.90. The lowest BCUT2D eigenvalue weighted by molar-refractivity contribution is 0.0653. The normalized spacial score (nSPS) is 29.6. The molecule has 104 valence electrons. The summed E-state index contributed by atoms with van der Waals surface area (Å²) < 4.78 is 5.49. The molecule has 6 heteroatoms. The molecule has 0 aliphatic carbocycles. The summed E-state index contributed by atoms with van der Waals surface area (Å²) >= 11 is 1.70. The second-order valence-corrected chi connectivity index (χ2v) is 6.31. The van der Waals surface area contributed by atoms with Gasteiger partial charge in [-0.25, -0.2) is 0 Å². The maximum absolute atomic E-state index is 8.90. The van der Waals surface area contributed by atoms with Crippen LogP contribution < -0.4 is 5.73 Å². The maximum Gasteiger partial charge on any atom is 0.155 e. The highest BCUT2D eigenvalue weighted by Gasteiger charge is 2.38. The summed E-state index contributed by atoms with van der Waals surface area (Å²) in [6.07, 6.45) is 6.71. The van der Waals surface area contributed by atoms with Gasteiger partial charge in [-0.3, -0.25) is 0 Å². The SMILES string of the molecule is CSC1(C(N)=NO)CCN(CC2CCCO2)CC1. The number of ether oxygens (including phenoxy) is 1. The number of oxime groups is 1. The Balaban J connectivity index is 1.86. The summed E-state index contributed by atoms with van der Waals surface area (Å²) in [5, 5.41) is 12.1. The van der Waals surface area contributed by atoms with Crippen LogP contribution in [0.2, 0.25) is 0 Å². The molecule has 5 nitrogen and oxygen atoms in total. The summed E-state index contributed by atoms with van der Waals surface area (Å²) in [6.45, 7) is 3.94. The first-order valence-corrected chi connectivity index (χ1v) is 7.80. The highest BCUT2D eigenvalue weighted by Crippen LogP contribution is 2.35. The number of nitrogens with two attached hydrogens (primary N) is 1. The number of rotatable bonds is 4. The van der Waals surface area contributed by atoms with E-state index in [1.165, 1.54) is 12.8 Å². The molecule has 3 N–H and O–H groups in total. The summed E-state index contributed by atoms with van der Waals surface area (Å²) in [7, 11) is 0. The molecule has 2 saturated heterocycles. The lowest BCUT2D eigenvalue weighted by atomic mass is 9.94. The highest BCUT2D eigenvalue weighted by atomic mass is 32.2. The van der Waals surface area contributed by atoms with Gasteiger partial charge in [0.05, 0.1) is 10.9 Å². The number of piperidine rings is 1. The van der Waals surface area contributed by atoms with Gasteiger partial charge >= 0.3 is 0 Å². The third kappa shape index (κ3) is 2.92. The van der Waals surface area contributed by atoms with Gasteiger partial charge in [-0.15, -0.1) is 0 Å². The summed E-state index contributed by atoms with van der Waals surface area (Å²) in [4.78, 5) is 2.44. The van der Waals surface area contributed by atoms with Crippen molar-refractivity contribution in [2.45, 2.75) is 36.5 Å². The van der Waals surface area contributed by atoms with E-state index in [2.05, 4.69) is 10.1 Å². The van der Waals surface area contributed by atoms with Crippen molar-refractivity contribution in [3.63, 3.8) is 0 Å². The number of thioether (sulfide) groups is 1. The Morgan fingerprint density at radius 2 is 2.28 bits per heavy atom. The van der Waals surface area contributed by atoms with Gasteiger partial charge in [0, 0.05) is 26.2 Å². The molecule has 1 atom stereocenters. The van der Waals surface area contributed by atoms with Gasteiger partial charge < -0.3 is 20.6 Å². The fraction of sp³-hybridized carbons (Fsp3) is 0.917. The van der Waals surface area contributed by atoms with Crippen LogP contribution in [0.5, 0.6) is 0 Å². The predicted molar refractivity (Wildman–Crippen MR) is 74.3 cm³/mol. The zero-order valence-corrected chi connectivity index (χ0v) is 11.8. The molecule has 18 heavy (non-hydrogen) atoms. The first-order valence-electron chi connectivity index (χ1n) is 6.57. The first-order chi connectivity index (χ1) is 8.70. The molecule has 2 heterocycles. The van der Waals surface area contributed by atoms with Crippen molar-refractivity contribution in [3.05, 3.63) is 0 Å². The molecule has 2 aliphatic rings. The van der Waals surface area contributed by atoms with Crippen LogP contribution in [0.1, 0.15) is 25.7 Å². The van der Waals surface area contributed by atoms with E-state index in [9.17, 15) is 0 Å². The Hall–Kier alpha value is -0.460. The Morgan fingerprint density at radius 3 is 2.78 bits per heavy atom. The van der Waals surface area contributed by atoms with E-state index < -0.39 is 0 Å². The molecule has 2 rings (SSSR count). The largest absolute Gasteiger partial charge is 0.409 e. The average Bonchev–Trinajstić information content (AvgIpc) is 2.92. The number of nitrogens with zero attached hydrogens (tertiary/aromatic N) is 2. The van der Waals surface area contributed by atoms with E-state index in [4.69, 9.17) is 15.7 Å². The molecule has 0 saturated carbocycles. The van der Waals surface area contributed by atoms with Crippen molar-refractivity contribution in [1.29, 1.82) is 0 Å². The first kappa shape index (κ1) is 14.0. The van der Waals surface area contributed by atoms with Crippen molar-refractivity contribution in [1.82, 2.24) is 4.90 Å². The molecule has 0 amide bonds. The molecular weight excluding hydrogens is 250 g/mol. The summed E-state index contributed by atoms with van der Waals surface area (Å²) in [5.41, 5.74) is 5.84. The van der Waals surface area contributed by atoms with Crippen LogP contribution in [-0.2, 0) is 4.74 Å². The van der Waals surface area contributed by atoms with E-state index in [0.29, 0.717) is 11.9 Å². The fourth-order valence-corrected chi connectivity index (χ4v) is 3.67. The molecule has 0 radical (unpaired) electrons. The van der Waals surface area contributed by atoms with Crippen molar-refractivity contribution in [2.24, 2.45) is 10.9 Å². The Morgan fingerprint density at radius 1 is 1.56 bits per heavy atom. The Labute approximate surface area is 113 Å². The van der Waals surface area contributed by atoms with Crippen molar-refractivity contribution < 1.29 is 9.94 Å². The van der Waals surface area contributed by atoms with Crippen LogP contribution in [0, 0.1) is 0 Å². The summed E-state index contributed by atoms with van der Waals surface area (Å²) in [5.74, 6) is 0.367. The van der Waals surface area contributed by atoms with Gasteiger partial charge in [0.25, 0.3) is 0 Å². The van der Waals surface area contributed by atoms with Crippen LogP contribution in [-0.4, -0.2) is 59.3 Å². The van der Waals surface area contributed by atoms with Crippen molar-refractivity contribution in [3.8, 4) is 0 Å². The molecule has 1 unspecified atom stereocenters. The van der Waals surface area contributed by atoms with Gasteiger partial charge in [0.2, 0.25) is 0 Å². The van der Waals surface area contributed by atoms with E-state index in [1.54, 1.807) is 11.8 Å². The monoisotopic (exact) mass is 273 g/mol. The number of amidine groups is 1. The zero-order chi connectivity index (χ0) is 13.0. The number of hydrogen-bond acceptors (Lipinski definition) is 5. The average molecular weight is 273 g/mol. The predicted octanol–water partition coefficient (Wildman–Crippen LogP) is 1.11. The van der Waals surface area contributed by atoms with E-state index in [-0.39, 0.29) is 4.75 Å². The van der Waals surface area contributed by atoms with Crippen LogP contribution >= 0.6 is 11.8 Å². The quantitative estimate of drug-likeness (QED) is 0.347. The number of hydrogen-bond donors (Lipinski definition) is 2. The Bertz CT molecular complexity index is 298. The van der Waals surface area contributed by atoms with E-state index in [0.717, 1.165) is 39.1 Å². The van der Waals surface area contributed by atoms with Gasteiger partial charge in [-0.05, 0) is 31.9 Å². The molecular formula is C12H23N3O2S. The van der Waals surface area contributed by atoms with Crippen molar-refractivity contribution in [2.75, 3.05) is 32.5 Å². The number of likely N-dealkylation sites (tertiary alicyclic amines) is 1. The second kappa shape index (κ2) is 6.12. The standard InChI is InChI=1S/C12H23N3O2S/c1-18-12(11(13)14-16)4-6-15(7-5-12)9-10-3-2-8-17-10/h10,16H,2-9H2,1H3,(H2,13,14). The minimum atomic E-state index is -0.179. The Kier molecular flexibility index (Phi) is 4.75. The third-order valence-corrected chi connectivity index (χ3v) is 5.51. The molecule has 2 aliphatic heterocycles. The van der Waals surface area contributed by atoms with Crippen molar-refractivity contribution >= 4 is 17.6 Å². The third-order valence-electron chi connectivity index (χ3n) is 4.11. The van der Waals surface area contributed by atoms with Gasteiger partial charge in [-0.1, -0.05) is 5.16 Å². The lowest BCUT2D eigenvalue weighted by Gasteiger charge is -2.40. The smallest absolute Gasteiger partial charge is 0.155 e. The highest BCUT2D eigenvalue weighted by molar-refractivity contribution is 8.00. The van der Waals surface area contributed by atoms with Gasteiger partial charge in [-0.2, -0.15) is 11.8 Å². The molecule has 2 fully saturated rings. The van der Waals surface area contributed by atoms with Crippen LogP contribution in [0.3, 0.4) is 0 Å². The van der Waals surface area contributed by atoms with E-state index >= 15 is 0 Å². The van der Waals surface area contributed by atoms with Crippen LogP contribution in [0.25, 0.3) is 0 Å². The van der Waals surface area contributed by atoms with E-state index in [1.807, 2.05) is 6.26 Å². The minimum Gasteiger partial charge on any atom is -0.409 e. The topological polar surface area (TPSA) is 71.1 Å². The minimum absolute atomic E-state index is 0.179. The molecule has 0 aromatic carbocycles. The lowest BCUT2D eigenvalue weighted by Crippen LogP contribution is -2.51. The molecule has 0 aromatic heterocycles.